The summed E-state index contributed by atoms with van der Waals surface area (Å²) >= 11 is 0. The van der Waals surface area contributed by atoms with Crippen molar-refractivity contribution in [2.24, 2.45) is 5.92 Å². The molecule has 0 atom stereocenters. The second-order valence-corrected chi connectivity index (χ2v) is 7.23. The van der Waals surface area contributed by atoms with Crippen LogP contribution in [0.15, 0.2) is 72.8 Å². The van der Waals surface area contributed by atoms with Gasteiger partial charge in [0.15, 0.2) is 0 Å². The van der Waals surface area contributed by atoms with Crippen LogP contribution in [0.2, 0.25) is 0 Å². The molecule has 0 unspecified atom stereocenters. The monoisotopic (exact) mass is 406 g/mol. The minimum Gasteiger partial charge on any atom is -0.493 e. The molecule has 6 heteroatoms. The molecule has 0 aliphatic heterocycles. The summed E-state index contributed by atoms with van der Waals surface area (Å²) in [5, 5.41) is 5.48. The standard InChI is InChI=1S/C24H23FN2O3/c1-16(2)15-30-22-12-6-17(7-13-22)23(28)27-21-5-3-4-18(14-21)24(29)26-20-10-8-19(25)9-11-20/h3-14,16H,15H2,1-2H3,(H,26,29)(H,27,28). The lowest BCUT2D eigenvalue weighted by Crippen LogP contribution is -2.14. The van der Waals surface area contributed by atoms with Gasteiger partial charge in [0.2, 0.25) is 0 Å². The van der Waals surface area contributed by atoms with E-state index in [2.05, 4.69) is 24.5 Å². The van der Waals surface area contributed by atoms with E-state index in [1.807, 2.05) is 0 Å². The smallest absolute Gasteiger partial charge is 0.255 e. The number of ether oxygens (including phenoxy) is 1. The van der Waals surface area contributed by atoms with E-state index in [-0.39, 0.29) is 17.6 Å². The molecule has 2 N–H and O–H groups in total. The van der Waals surface area contributed by atoms with Crippen molar-refractivity contribution in [2.45, 2.75) is 13.8 Å². The fourth-order valence-electron chi connectivity index (χ4n) is 2.64. The van der Waals surface area contributed by atoms with Crippen LogP contribution in [0.5, 0.6) is 5.75 Å². The van der Waals surface area contributed by atoms with Gasteiger partial charge in [-0.15, -0.1) is 0 Å². The molecule has 0 heterocycles. The molecule has 0 aliphatic rings. The van der Waals surface area contributed by atoms with Crippen molar-refractivity contribution in [2.75, 3.05) is 17.2 Å². The molecule has 0 saturated carbocycles. The maximum atomic E-state index is 13.0. The lowest BCUT2D eigenvalue weighted by molar-refractivity contribution is 0.101. The Morgan fingerprint density at radius 2 is 1.47 bits per heavy atom. The van der Waals surface area contributed by atoms with Crippen molar-refractivity contribution in [3.05, 3.63) is 89.7 Å². The molecule has 0 saturated heterocycles. The molecule has 0 aliphatic carbocycles. The maximum Gasteiger partial charge on any atom is 0.255 e. The number of hydrogen-bond donors (Lipinski definition) is 2. The van der Waals surface area contributed by atoms with Gasteiger partial charge in [0.05, 0.1) is 6.61 Å². The molecular weight excluding hydrogens is 383 g/mol. The molecule has 3 aromatic carbocycles. The minimum atomic E-state index is -0.378. The highest BCUT2D eigenvalue weighted by Crippen LogP contribution is 2.17. The predicted octanol–water partition coefficient (Wildman–Crippen LogP) is 5.37. The number of carbonyl (C=O) groups excluding carboxylic acids is 2. The summed E-state index contributed by atoms with van der Waals surface area (Å²) in [7, 11) is 0. The van der Waals surface area contributed by atoms with Gasteiger partial charge in [0, 0.05) is 22.5 Å². The highest BCUT2D eigenvalue weighted by molar-refractivity contribution is 6.07. The summed E-state index contributed by atoms with van der Waals surface area (Å²) < 4.78 is 18.6. The first-order chi connectivity index (χ1) is 14.4. The van der Waals surface area contributed by atoms with Crippen LogP contribution in [0.3, 0.4) is 0 Å². The number of anilines is 2. The number of rotatable bonds is 7. The van der Waals surface area contributed by atoms with Crippen LogP contribution >= 0.6 is 0 Å². The SMILES string of the molecule is CC(C)COc1ccc(C(=O)Nc2cccc(C(=O)Nc3ccc(F)cc3)c2)cc1. The van der Waals surface area contributed by atoms with Gasteiger partial charge >= 0.3 is 0 Å². The number of halogens is 1. The molecule has 0 fully saturated rings. The summed E-state index contributed by atoms with van der Waals surface area (Å²) in [6, 6.07) is 19.0. The van der Waals surface area contributed by atoms with Crippen LogP contribution in [-0.4, -0.2) is 18.4 Å². The van der Waals surface area contributed by atoms with E-state index < -0.39 is 0 Å². The minimum absolute atomic E-state index is 0.290. The Bertz CT molecular complexity index is 1020. The van der Waals surface area contributed by atoms with E-state index >= 15 is 0 Å². The second kappa shape index (κ2) is 9.69. The van der Waals surface area contributed by atoms with E-state index in [1.54, 1.807) is 48.5 Å². The third-order valence-electron chi connectivity index (χ3n) is 4.18. The van der Waals surface area contributed by atoms with Gasteiger partial charge in [-0.05, 0) is 72.6 Å². The average Bonchev–Trinajstić information content (AvgIpc) is 2.74. The fraction of sp³-hybridized carbons (Fsp3) is 0.167. The molecule has 0 spiro atoms. The average molecular weight is 406 g/mol. The van der Waals surface area contributed by atoms with Crippen LogP contribution in [0, 0.1) is 11.7 Å². The van der Waals surface area contributed by atoms with Crippen molar-refractivity contribution >= 4 is 23.2 Å². The van der Waals surface area contributed by atoms with Gasteiger partial charge in [-0.1, -0.05) is 19.9 Å². The van der Waals surface area contributed by atoms with Gasteiger partial charge in [0.25, 0.3) is 11.8 Å². The second-order valence-electron chi connectivity index (χ2n) is 7.23. The van der Waals surface area contributed by atoms with Gasteiger partial charge < -0.3 is 15.4 Å². The molecule has 3 aromatic rings. The first kappa shape index (κ1) is 21.0. The van der Waals surface area contributed by atoms with E-state index in [4.69, 9.17) is 4.74 Å². The zero-order valence-corrected chi connectivity index (χ0v) is 16.8. The first-order valence-corrected chi connectivity index (χ1v) is 9.62. The normalized spacial score (nSPS) is 10.5. The number of amides is 2. The van der Waals surface area contributed by atoms with Crippen LogP contribution in [0.1, 0.15) is 34.6 Å². The fourth-order valence-corrected chi connectivity index (χ4v) is 2.64. The van der Waals surface area contributed by atoms with E-state index in [9.17, 15) is 14.0 Å². The third kappa shape index (κ3) is 5.91. The highest BCUT2D eigenvalue weighted by atomic mass is 19.1. The Morgan fingerprint density at radius 1 is 0.833 bits per heavy atom. The lowest BCUT2D eigenvalue weighted by Gasteiger charge is -2.10. The zero-order valence-electron chi connectivity index (χ0n) is 16.8. The van der Waals surface area contributed by atoms with Crippen LogP contribution in [-0.2, 0) is 0 Å². The van der Waals surface area contributed by atoms with Crippen molar-refractivity contribution in [3.8, 4) is 5.75 Å². The molecule has 2 amide bonds. The van der Waals surface area contributed by atoms with Crippen LogP contribution < -0.4 is 15.4 Å². The molecule has 0 radical (unpaired) electrons. The predicted molar refractivity (Wildman–Crippen MR) is 116 cm³/mol. The summed E-state index contributed by atoms with van der Waals surface area (Å²) in [5.41, 5.74) is 1.82. The quantitative estimate of drug-likeness (QED) is 0.555. The Morgan fingerprint density at radius 3 is 2.13 bits per heavy atom. The number of carbonyl (C=O) groups is 2. The summed E-state index contributed by atoms with van der Waals surface area (Å²) in [5.74, 6) is 0.100. The van der Waals surface area contributed by atoms with E-state index in [0.29, 0.717) is 40.8 Å². The first-order valence-electron chi connectivity index (χ1n) is 9.62. The lowest BCUT2D eigenvalue weighted by atomic mass is 10.1. The van der Waals surface area contributed by atoms with Crippen molar-refractivity contribution in [3.63, 3.8) is 0 Å². The summed E-state index contributed by atoms with van der Waals surface area (Å²) in [4.78, 5) is 24.9. The Balaban J connectivity index is 1.63. The van der Waals surface area contributed by atoms with Crippen molar-refractivity contribution < 1.29 is 18.7 Å². The topological polar surface area (TPSA) is 67.4 Å². The molecule has 30 heavy (non-hydrogen) atoms. The molecule has 0 bridgehead atoms. The molecule has 5 nitrogen and oxygen atoms in total. The summed E-state index contributed by atoms with van der Waals surface area (Å²) in [6.45, 7) is 4.74. The number of benzene rings is 3. The maximum absolute atomic E-state index is 13.0. The Hall–Kier alpha value is -3.67. The van der Waals surface area contributed by atoms with Crippen LogP contribution in [0.25, 0.3) is 0 Å². The van der Waals surface area contributed by atoms with Gasteiger partial charge in [-0.2, -0.15) is 0 Å². The largest absolute Gasteiger partial charge is 0.493 e. The van der Waals surface area contributed by atoms with Crippen molar-refractivity contribution in [1.29, 1.82) is 0 Å². The van der Waals surface area contributed by atoms with Gasteiger partial charge in [-0.3, -0.25) is 9.59 Å². The van der Waals surface area contributed by atoms with Gasteiger partial charge in [-0.25, -0.2) is 4.39 Å². The Kier molecular flexibility index (Phi) is 6.80. The van der Waals surface area contributed by atoms with E-state index in [0.717, 1.165) is 0 Å². The molecule has 3 rings (SSSR count). The van der Waals surface area contributed by atoms with Crippen LogP contribution in [0.4, 0.5) is 15.8 Å². The van der Waals surface area contributed by atoms with Crippen molar-refractivity contribution in [1.82, 2.24) is 0 Å². The molecule has 154 valence electrons. The molecule has 0 aromatic heterocycles. The zero-order chi connectivity index (χ0) is 21.5. The summed E-state index contributed by atoms with van der Waals surface area (Å²) in [6.07, 6.45) is 0. The van der Waals surface area contributed by atoms with E-state index in [1.165, 1.54) is 24.3 Å². The number of nitrogens with one attached hydrogen (secondary N) is 2. The highest BCUT2D eigenvalue weighted by Gasteiger charge is 2.10. The molecular formula is C24H23FN2O3. The Labute approximate surface area is 174 Å². The van der Waals surface area contributed by atoms with Gasteiger partial charge in [0.1, 0.15) is 11.6 Å². The third-order valence-corrected chi connectivity index (χ3v) is 4.18. The number of hydrogen-bond acceptors (Lipinski definition) is 3.